The standard InChI is InChI=1S/C16H17BrN6O/c1-9-10(2)23-15(20-21(3)16(23)24)19-14(9)22-5-4-13-11(8-22)6-12(17)7-18-13/h6-7H,4-5,8H2,1-3H3. The maximum Gasteiger partial charge on any atom is 0.351 e. The van der Waals surface area contributed by atoms with Gasteiger partial charge in [-0.05, 0) is 41.4 Å². The van der Waals surface area contributed by atoms with Crippen LogP contribution in [0.15, 0.2) is 21.5 Å². The number of hydrogen-bond acceptors (Lipinski definition) is 5. The predicted molar refractivity (Wildman–Crippen MR) is 94.4 cm³/mol. The first-order chi connectivity index (χ1) is 11.5. The minimum atomic E-state index is -0.165. The molecule has 0 unspecified atom stereocenters. The van der Waals surface area contributed by atoms with Crippen molar-refractivity contribution in [2.75, 3.05) is 11.4 Å². The first-order valence-corrected chi connectivity index (χ1v) is 8.56. The molecule has 24 heavy (non-hydrogen) atoms. The van der Waals surface area contributed by atoms with Crippen LogP contribution in [0.1, 0.15) is 22.5 Å². The third kappa shape index (κ3) is 2.24. The number of fused-ring (bicyclic) bond motifs is 2. The maximum absolute atomic E-state index is 12.2. The minimum absolute atomic E-state index is 0.165. The molecular weight excluding hydrogens is 372 g/mol. The summed E-state index contributed by atoms with van der Waals surface area (Å²) in [5.41, 5.74) is 4.06. The molecule has 0 saturated carbocycles. The molecule has 0 saturated heterocycles. The number of aromatic nitrogens is 5. The fourth-order valence-corrected chi connectivity index (χ4v) is 3.59. The van der Waals surface area contributed by atoms with Gasteiger partial charge in [-0.1, -0.05) is 0 Å². The number of pyridine rings is 1. The SMILES string of the molecule is Cc1c(N2CCc3ncc(Br)cc3C2)nc2nn(C)c(=O)n2c1C. The van der Waals surface area contributed by atoms with Gasteiger partial charge < -0.3 is 4.90 Å². The van der Waals surface area contributed by atoms with Gasteiger partial charge in [0.15, 0.2) is 0 Å². The Bertz CT molecular complexity index is 1020. The zero-order valence-electron chi connectivity index (χ0n) is 13.7. The Labute approximate surface area is 147 Å². The molecule has 1 aliphatic rings. The fraction of sp³-hybridized carbons (Fsp3) is 0.375. The van der Waals surface area contributed by atoms with Crippen molar-refractivity contribution in [3.05, 3.63) is 49.7 Å². The number of halogens is 1. The molecule has 4 rings (SSSR count). The van der Waals surface area contributed by atoms with Crippen molar-refractivity contribution in [1.29, 1.82) is 0 Å². The van der Waals surface area contributed by atoms with Gasteiger partial charge in [-0.15, -0.1) is 5.10 Å². The molecule has 1 aliphatic heterocycles. The van der Waals surface area contributed by atoms with Crippen LogP contribution in [-0.2, 0) is 20.0 Å². The molecular formula is C16H17BrN6O. The molecule has 0 aliphatic carbocycles. The lowest BCUT2D eigenvalue weighted by Gasteiger charge is -2.30. The highest BCUT2D eigenvalue weighted by Gasteiger charge is 2.23. The second-order valence-electron chi connectivity index (χ2n) is 6.12. The van der Waals surface area contributed by atoms with E-state index in [1.165, 1.54) is 10.2 Å². The molecule has 7 nitrogen and oxygen atoms in total. The van der Waals surface area contributed by atoms with Gasteiger partial charge in [0.1, 0.15) is 5.82 Å². The van der Waals surface area contributed by atoms with E-state index >= 15 is 0 Å². The van der Waals surface area contributed by atoms with Crippen molar-refractivity contribution < 1.29 is 0 Å². The van der Waals surface area contributed by atoms with E-state index in [0.717, 1.165) is 46.8 Å². The Morgan fingerprint density at radius 2 is 2.08 bits per heavy atom. The van der Waals surface area contributed by atoms with Gasteiger partial charge in [-0.25, -0.2) is 13.9 Å². The van der Waals surface area contributed by atoms with Crippen molar-refractivity contribution in [1.82, 2.24) is 24.1 Å². The highest BCUT2D eigenvalue weighted by molar-refractivity contribution is 9.10. The van der Waals surface area contributed by atoms with Crippen LogP contribution in [0, 0.1) is 13.8 Å². The number of aryl methyl sites for hydroxylation is 2. The Hall–Kier alpha value is -2.22. The lowest BCUT2D eigenvalue weighted by Crippen LogP contribution is -2.33. The molecule has 0 aromatic carbocycles. The van der Waals surface area contributed by atoms with E-state index in [2.05, 4.69) is 42.0 Å². The molecule has 3 aromatic heterocycles. The highest BCUT2D eigenvalue weighted by Crippen LogP contribution is 2.27. The van der Waals surface area contributed by atoms with E-state index in [4.69, 9.17) is 0 Å². The zero-order valence-corrected chi connectivity index (χ0v) is 15.3. The van der Waals surface area contributed by atoms with Gasteiger partial charge in [0.25, 0.3) is 5.78 Å². The summed E-state index contributed by atoms with van der Waals surface area (Å²) in [5, 5.41) is 4.24. The summed E-state index contributed by atoms with van der Waals surface area (Å²) in [7, 11) is 1.64. The molecule has 0 fully saturated rings. The molecule has 4 heterocycles. The summed E-state index contributed by atoms with van der Waals surface area (Å²) in [6, 6.07) is 2.11. The van der Waals surface area contributed by atoms with Crippen LogP contribution in [-0.4, -0.2) is 30.7 Å². The van der Waals surface area contributed by atoms with Crippen molar-refractivity contribution in [3.63, 3.8) is 0 Å². The van der Waals surface area contributed by atoms with Crippen LogP contribution in [0.2, 0.25) is 0 Å². The van der Waals surface area contributed by atoms with E-state index in [-0.39, 0.29) is 5.69 Å². The largest absolute Gasteiger partial charge is 0.351 e. The quantitative estimate of drug-likeness (QED) is 0.635. The zero-order chi connectivity index (χ0) is 17.0. The number of hydrogen-bond donors (Lipinski definition) is 0. The number of anilines is 1. The average Bonchev–Trinajstić information content (AvgIpc) is 2.85. The normalized spacial score (nSPS) is 14.2. The third-order valence-electron chi connectivity index (χ3n) is 4.63. The lowest BCUT2D eigenvalue weighted by atomic mass is 10.1. The summed E-state index contributed by atoms with van der Waals surface area (Å²) in [6.07, 6.45) is 2.72. The number of rotatable bonds is 1. The topological polar surface area (TPSA) is 68.3 Å². The molecule has 0 N–H and O–H groups in total. The van der Waals surface area contributed by atoms with Gasteiger partial charge in [0.05, 0.1) is 0 Å². The second-order valence-corrected chi connectivity index (χ2v) is 7.03. The summed E-state index contributed by atoms with van der Waals surface area (Å²) in [6.45, 7) is 5.54. The van der Waals surface area contributed by atoms with Crippen LogP contribution < -0.4 is 10.6 Å². The summed E-state index contributed by atoms with van der Waals surface area (Å²) < 4.78 is 3.87. The molecule has 0 atom stereocenters. The molecule has 0 spiro atoms. The predicted octanol–water partition coefficient (Wildman–Crippen LogP) is 1.77. The first-order valence-electron chi connectivity index (χ1n) is 7.77. The van der Waals surface area contributed by atoms with Crippen molar-refractivity contribution in [2.24, 2.45) is 7.05 Å². The van der Waals surface area contributed by atoms with E-state index in [9.17, 15) is 4.79 Å². The van der Waals surface area contributed by atoms with Gasteiger partial charge in [0, 0.05) is 54.2 Å². The molecule has 124 valence electrons. The molecule has 3 aromatic rings. The van der Waals surface area contributed by atoms with Crippen molar-refractivity contribution >= 4 is 27.5 Å². The minimum Gasteiger partial charge on any atom is -0.351 e. The smallest absolute Gasteiger partial charge is 0.351 e. The summed E-state index contributed by atoms with van der Waals surface area (Å²) in [4.78, 5) is 23.6. The second kappa shape index (κ2) is 5.41. The van der Waals surface area contributed by atoms with Crippen LogP contribution in [0.4, 0.5) is 5.82 Å². The monoisotopic (exact) mass is 388 g/mol. The first kappa shape index (κ1) is 15.3. The fourth-order valence-electron chi connectivity index (χ4n) is 3.21. The van der Waals surface area contributed by atoms with E-state index in [1.807, 2.05) is 20.0 Å². The summed E-state index contributed by atoms with van der Waals surface area (Å²) >= 11 is 3.49. The molecule has 0 radical (unpaired) electrons. The van der Waals surface area contributed by atoms with Gasteiger partial charge >= 0.3 is 5.69 Å². The number of nitrogens with zero attached hydrogens (tertiary/aromatic N) is 6. The van der Waals surface area contributed by atoms with E-state index in [1.54, 1.807) is 11.4 Å². The third-order valence-corrected chi connectivity index (χ3v) is 5.07. The van der Waals surface area contributed by atoms with Gasteiger partial charge in [-0.3, -0.25) is 4.98 Å². The van der Waals surface area contributed by atoms with Gasteiger partial charge in [-0.2, -0.15) is 4.98 Å². The van der Waals surface area contributed by atoms with Crippen molar-refractivity contribution in [2.45, 2.75) is 26.8 Å². The average molecular weight is 389 g/mol. The Morgan fingerprint density at radius 3 is 2.88 bits per heavy atom. The van der Waals surface area contributed by atoms with E-state index < -0.39 is 0 Å². The Morgan fingerprint density at radius 1 is 1.29 bits per heavy atom. The lowest BCUT2D eigenvalue weighted by molar-refractivity contribution is 0.697. The van der Waals surface area contributed by atoms with Crippen LogP contribution in [0.3, 0.4) is 0 Å². The Kier molecular flexibility index (Phi) is 3.45. The van der Waals surface area contributed by atoms with Crippen molar-refractivity contribution in [3.8, 4) is 0 Å². The van der Waals surface area contributed by atoms with Crippen LogP contribution in [0.5, 0.6) is 0 Å². The highest BCUT2D eigenvalue weighted by atomic mass is 79.9. The molecule has 0 amide bonds. The summed E-state index contributed by atoms with van der Waals surface area (Å²) in [5.74, 6) is 1.33. The van der Waals surface area contributed by atoms with Crippen LogP contribution >= 0.6 is 15.9 Å². The molecule has 8 heteroatoms. The van der Waals surface area contributed by atoms with Gasteiger partial charge in [0.2, 0.25) is 0 Å². The van der Waals surface area contributed by atoms with Crippen LogP contribution in [0.25, 0.3) is 5.78 Å². The molecule has 0 bridgehead atoms. The Balaban J connectivity index is 1.83. The van der Waals surface area contributed by atoms with E-state index in [0.29, 0.717) is 5.78 Å². The maximum atomic E-state index is 12.2.